The van der Waals surface area contributed by atoms with Crippen molar-refractivity contribution in [3.63, 3.8) is 0 Å². The maximum absolute atomic E-state index is 12.2. The molecule has 0 bridgehead atoms. The van der Waals surface area contributed by atoms with E-state index >= 15 is 0 Å². The van der Waals surface area contributed by atoms with Gasteiger partial charge in [-0.2, -0.15) is 0 Å². The van der Waals surface area contributed by atoms with Gasteiger partial charge >= 0.3 is 0 Å². The molecule has 2 amide bonds. The first-order valence-electron chi connectivity index (χ1n) is 6.70. The molecule has 0 aromatic heterocycles. The van der Waals surface area contributed by atoms with Gasteiger partial charge in [0.25, 0.3) is 5.91 Å². The molecule has 0 fully saturated rings. The zero-order chi connectivity index (χ0) is 15.6. The third-order valence-corrected chi connectivity index (χ3v) is 3.55. The van der Waals surface area contributed by atoms with E-state index in [0.29, 0.717) is 28.6 Å². The van der Waals surface area contributed by atoms with Gasteiger partial charge in [-0.1, -0.05) is 24.9 Å². The number of nitrogens with two attached hydrogens (primary N) is 1. The zero-order valence-electron chi connectivity index (χ0n) is 12.4. The summed E-state index contributed by atoms with van der Waals surface area (Å²) in [5, 5.41) is 5.66. The Morgan fingerprint density at radius 2 is 2.23 bits per heavy atom. The summed E-state index contributed by atoms with van der Waals surface area (Å²) in [4.78, 5) is 23.4. The smallest absolute Gasteiger partial charge is 0.262 e. The van der Waals surface area contributed by atoms with E-state index in [0.717, 1.165) is 6.42 Å². The fraction of sp³-hybridized carbons (Fsp3) is 0.429. The van der Waals surface area contributed by atoms with Gasteiger partial charge < -0.3 is 21.1 Å². The van der Waals surface area contributed by atoms with Crippen LogP contribution in [0.1, 0.15) is 26.7 Å². The number of hydrogen-bond donors (Lipinski definition) is 3. The van der Waals surface area contributed by atoms with Crippen molar-refractivity contribution in [2.24, 2.45) is 5.73 Å². The summed E-state index contributed by atoms with van der Waals surface area (Å²) in [6.07, 6.45) is 1.36. The van der Waals surface area contributed by atoms with Crippen LogP contribution in [0.2, 0.25) is 5.02 Å². The van der Waals surface area contributed by atoms with E-state index in [4.69, 9.17) is 22.1 Å². The number of nitrogens with one attached hydrogen (secondary N) is 2. The number of ether oxygens (including phenoxy) is 1. The van der Waals surface area contributed by atoms with Crippen LogP contribution in [0.4, 0.5) is 11.4 Å². The van der Waals surface area contributed by atoms with Gasteiger partial charge in [0.15, 0.2) is 6.61 Å². The monoisotopic (exact) mass is 347 g/mol. The first-order chi connectivity index (χ1) is 9.83. The Morgan fingerprint density at radius 1 is 1.55 bits per heavy atom. The molecular formula is C14H19Cl2N3O3. The Labute approximate surface area is 140 Å². The van der Waals surface area contributed by atoms with Crippen molar-refractivity contribution < 1.29 is 14.3 Å². The van der Waals surface area contributed by atoms with Gasteiger partial charge in [0.05, 0.1) is 21.9 Å². The van der Waals surface area contributed by atoms with E-state index < -0.39 is 5.54 Å². The molecule has 1 aromatic carbocycles. The molecule has 1 unspecified atom stereocenters. The van der Waals surface area contributed by atoms with E-state index in [1.54, 1.807) is 13.0 Å². The molecule has 1 aliphatic heterocycles. The summed E-state index contributed by atoms with van der Waals surface area (Å²) in [5.74, 6) is -0.0950. The van der Waals surface area contributed by atoms with Crippen molar-refractivity contribution >= 4 is 47.2 Å². The first kappa shape index (κ1) is 18.5. The number of amides is 2. The number of hydrogen-bond acceptors (Lipinski definition) is 4. The van der Waals surface area contributed by atoms with Crippen LogP contribution in [-0.2, 0) is 9.59 Å². The first-order valence-corrected chi connectivity index (χ1v) is 7.08. The lowest BCUT2D eigenvalue weighted by atomic mass is 9.96. The highest BCUT2D eigenvalue weighted by Gasteiger charge is 2.28. The van der Waals surface area contributed by atoms with Crippen molar-refractivity contribution in [3.8, 4) is 5.75 Å². The van der Waals surface area contributed by atoms with E-state index in [1.807, 2.05) is 6.92 Å². The molecule has 8 heteroatoms. The van der Waals surface area contributed by atoms with Crippen LogP contribution in [0.25, 0.3) is 0 Å². The molecule has 1 heterocycles. The Kier molecular flexibility index (Phi) is 6.05. The van der Waals surface area contributed by atoms with Crippen LogP contribution in [0.5, 0.6) is 5.75 Å². The van der Waals surface area contributed by atoms with Gasteiger partial charge in [-0.3, -0.25) is 9.59 Å². The lowest BCUT2D eigenvalue weighted by Crippen LogP contribution is -2.48. The topological polar surface area (TPSA) is 93.5 Å². The highest BCUT2D eigenvalue weighted by Crippen LogP contribution is 2.36. The Morgan fingerprint density at radius 3 is 2.86 bits per heavy atom. The number of fused-ring (bicyclic) bond motifs is 1. The molecule has 22 heavy (non-hydrogen) atoms. The van der Waals surface area contributed by atoms with Crippen LogP contribution >= 0.6 is 24.0 Å². The van der Waals surface area contributed by atoms with Gasteiger partial charge in [-0.25, -0.2) is 0 Å². The molecule has 4 N–H and O–H groups in total. The number of carbonyl (C=O) groups excluding carboxylic acids is 2. The van der Waals surface area contributed by atoms with Gasteiger partial charge in [0.2, 0.25) is 5.91 Å². The molecule has 1 atom stereocenters. The normalized spacial score (nSPS) is 15.5. The maximum Gasteiger partial charge on any atom is 0.262 e. The molecule has 0 saturated carbocycles. The molecule has 1 aliphatic rings. The summed E-state index contributed by atoms with van der Waals surface area (Å²) >= 11 is 6.12. The van der Waals surface area contributed by atoms with E-state index in [-0.39, 0.29) is 30.8 Å². The highest BCUT2D eigenvalue weighted by atomic mass is 35.5. The van der Waals surface area contributed by atoms with Crippen molar-refractivity contribution in [2.75, 3.05) is 17.2 Å². The second-order valence-corrected chi connectivity index (χ2v) is 5.69. The minimum absolute atomic E-state index is 0. The van der Waals surface area contributed by atoms with Crippen molar-refractivity contribution in [1.29, 1.82) is 0 Å². The number of anilines is 2. The minimum atomic E-state index is -0.969. The fourth-order valence-electron chi connectivity index (χ4n) is 2.09. The van der Waals surface area contributed by atoms with Gasteiger partial charge in [-0.15, -0.1) is 12.4 Å². The van der Waals surface area contributed by atoms with Gasteiger partial charge in [-0.05, 0) is 19.4 Å². The van der Waals surface area contributed by atoms with Crippen molar-refractivity contribution in [1.82, 2.24) is 0 Å². The Bertz CT molecular complexity index is 591. The minimum Gasteiger partial charge on any atom is -0.482 e. The van der Waals surface area contributed by atoms with E-state index in [9.17, 15) is 9.59 Å². The van der Waals surface area contributed by atoms with Crippen LogP contribution < -0.4 is 21.1 Å². The third-order valence-electron chi connectivity index (χ3n) is 3.24. The standard InChI is InChI=1S/C14H18ClN3O3.ClH/c1-3-4-14(2,16)13(20)18-9-6-11-10(5-8(9)15)17-12(19)7-21-11;/h5-6H,3-4,7,16H2,1-2H3,(H,17,19)(H,18,20);1H. The van der Waals surface area contributed by atoms with E-state index in [2.05, 4.69) is 10.6 Å². The van der Waals surface area contributed by atoms with Gasteiger partial charge in [0.1, 0.15) is 5.75 Å². The largest absolute Gasteiger partial charge is 0.482 e. The average Bonchev–Trinajstić information content (AvgIpc) is 2.39. The molecular weight excluding hydrogens is 329 g/mol. The van der Waals surface area contributed by atoms with Crippen LogP contribution in [0.15, 0.2) is 12.1 Å². The number of rotatable bonds is 4. The molecule has 0 saturated heterocycles. The quantitative estimate of drug-likeness (QED) is 0.780. The fourth-order valence-corrected chi connectivity index (χ4v) is 2.30. The molecule has 0 spiro atoms. The molecule has 122 valence electrons. The molecule has 6 nitrogen and oxygen atoms in total. The number of halogens is 2. The number of carbonyl (C=O) groups is 2. The summed E-state index contributed by atoms with van der Waals surface area (Å²) in [7, 11) is 0. The number of benzene rings is 1. The Hall–Kier alpha value is -1.50. The highest BCUT2D eigenvalue weighted by molar-refractivity contribution is 6.34. The maximum atomic E-state index is 12.2. The summed E-state index contributed by atoms with van der Waals surface area (Å²) in [5.41, 5.74) is 5.90. The summed E-state index contributed by atoms with van der Waals surface area (Å²) < 4.78 is 5.29. The van der Waals surface area contributed by atoms with Crippen molar-refractivity contribution in [2.45, 2.75) is 32.2 Å². The van der Waals surface area contributed by atoms with Gasteiger partial charge in [0, 0.05) is 6.07 Å². The van der Waals surface area contributed by atoms with E-state index in [1.165, 1.54) is 6.07 Å². The summed E-state index contributed by atoms with van der Waals surface area (Å²) in [6.45, 7) is 3.57. The lowest BCUT2D eigenvalue weighted by Gasteiger charge is -2.24. The SMILES string of the molecule is CCCC(C)(N)C(=O)Nc1cc2c(cc1Cl)NC(=O)CO2.Cl. The molecule has 0 aliphatic carbocycles. The second-order valence-electron chi connectivity index (χ2n) is 5.29. The predicted octanol–water partition coefficient (Wildman–Crippen LogP) is 2.55. The Balaban J connectivity index is 0.00000242. The zero-order valence-corrected chi connectivity index (χ0v) is 13.9. The predicted molar refractivity (Wildman–Crippen MR) is 89.0 cm³/mol. The molecule has 0 radical (unpaired) electrons. The molecule has 2 rings (SSSR count). The molecule has 1 aromatic rings. The second kappa shape index (κ2) is 7.17. The third kappa shape index (κ3) is 4.03. The average molecular weight is 348 g/mol. The van der Waals surface area contributed by atoms with Crippen LogP contribution in [-0.4, -0.2) is 24.0 Å². The van der Waals surface area contributed by atoms with Crippen molar-refractivity contribution in [3.05, 3.63) is 17.2 Å². The van der Waals surface area contributed by atoms with Crippen LogP contribution in [0, 0.1) is 0 Å². The summed E-state index contributed by atoms with van der Waals surface area (Å²) in [6, 6.07) is 3.12. The lowest BCUT2D eigenvalue weighted by molar-refractivity contribution is -0.121. The van der Waals surface area contributed by atoms with Crippen LogP contribution in [0.3, 0.4) is 0 Å².